The molecular weight excluding hydrogens is 218 g/mol. The summed E-state index contributed by atoms with van der Waals surface area (Å²) in [6, 6.07) is 6.62. The van der Waals surface area contributed by atoms with Gasteiger partial charge >= 0.3 is 0 Å². The number of benzene rings is 1. The van der Waals surface area contributed by atoms with Crippen molar-refractivity contribution in [3.63, 3.8) is 0 Å². The fraction of sp³-hybridized carbons (Fsp3) is 0.571. The van der Waals surface area contributed by atoms with E-state index in [-0.39, 0.29) is 0 Å². The molecule has 1 aromatic rings. The normalized spacial score (nSPS) is 13.1. The second kappa shape index (κ2) is 6.27. The number of rotatable bonds is 5. The minimum atomic E-state index is 0.437. The molecule has 1 atom stereocenters. The van der Waals surface area contributed by atoms with Gasteiger partial charge in [0.05, 0.1) is 0 Å². The molecule has 0 aromatic heterocycles. The van der Waals surface area contributed by atoms with Crippen molar-refractivity contribution in [2.45, 2.75) is 39.7 Å². The van der Waals surface area contributed by atoms with E-state index < -0.39 is 0 Å². The Morgan fingerprint density at radius 2 is 1.88 bits per heavy atom. The topological polar surface area (TPSA) is 12.0 Å². The summed E-state index contributed by atoms with van der Waals surface area (Å²) in [4.78, 5) is 0. The predicted octanol–water partition coefficient (Wildman–Crippen LogP) is 4.35. The first-order chi connectivity index (χ1) is 7.63. The van der Waals surface area contributed by atoms with Crippen LogP contribution >= 0.6 is 11.6 Å². The Morgan fingerprint density at radius 1 is 1.25 bits per heavy atom. The van der Waals surface area contributed by atoms with Crippen LogP contribution in [0.25, 0.3) is 0 Å². The van der Waals surface area contributed by atoms with Crippen LogP contribution in [0, 0.1) is 12.8 Å². The van der Waals surface area contributed by atoms with Crippen LogP contribution in [-0.4, -0.2) is 7.05 Å². The van der Waals surface area contributed by atoms with E-state index in [2.05, 4.69) is 32.2 Å². The van der Waals surface area contributed by atoms with E-state index in [0.29, 0.717) is 12.0 Å². The first kappa shape index (κ1) is 13.5. The van der Waals surface area contributed by atoms with Crippen LogP contribution in [0.3, 0.4) is 0 Å². The molecule has 0 spiro atoms. The lowest BCUT2D eigenvalue weighted by molar-refractivity contribution is 0.358. The largest absolute Gasteiger partial charge is 0.313 e. The van der Waals surface area contributed by atoms with Crippen molar-refractivity contribution in [1.82, 2.24) is 5.32 Å². The fourth-order valence-electron chi connectivity index (χ4n) is 2.39. The van der Waals surface area contributed by atoms with E-state index in [1.165, 1.54) is 24.0 Å². The highest BCUT2D eigenvalue weighted by molar-refractivity contribution is 6.30. The van der Waals surface area contributed by atoms with Gasteiger partial charge in [0.25, 0.3) is 0 Å². The Balaban J connectivity index is 3.03. The zero-order valence-electron chi connectivity index (χ0n) is 10.7. The van der Waals surface area contributed by atoms with E-state index in [1.54, 1.807) is 0 Å². The zero-order valence-corrected chi connectivity index (χ0v) is 11.4. The standard InChI is InChI=1S/C14H22ClN/c1-5-11(6-2)14(16-4)13-8-7-12(15)9-10(13)3/h7-9,11,14,16H,5-6H2,1-4H3. The van der Waals surface area contributed by atoms with Gasteiger partial charge in [-0.3, -0.25) is 0 Å². The highest BCUT2D eigenvalue weighted by Gasteiger charge is 2.19. The molecule has 0 aliphatic rings. The smallest absolute Gasteiger partial charge is 0.0408 e. The van der Waals surface area contributed by atoms with Crippen LogP contribution in [-0.2, 0) is 0 Å². The van der Waals surface area contributed by atoms with Gasteiger partial charge in [-0.15, -0.1) is 0 Å². The van der Waals surface area contributed by atoms with Gasteiger partial charge in [0.15, 0.2) is 0 Å². The number of aryl methyl sites for hydroxylation is 1. The Hall–Kier alpha value is -0.530. The van der Waals surface area contributed by atoms with Gasteiger partial charge in [0, 0.05) is 11.1 Å². The molecule has 1 rings (SSSR count). The molecule has 0 saturated carbocycles. The van der Waals surface area contributed by atoms with E-state index in [4.69, 9.17) is 11.6 Å². The summed E-state index contributed by atoms with van der Waals surface area (Å²) in [5, 5.41) is 4.26. The van der Waals surface area contributed by atoms with Crippen molar-refractivity contribution in [3.8, 4) is 0 Å². The highest BCUT2D eigenvalue weighted by Crippen LogP contribution is 2.30. The van der Waals surface area contributed by atoms with Crippen LogP contribution in [0.2, 0.25) is 5.02 Å². The Morgan fingerprint density at radius 3 is 2.31 bits per heavy atom. The Bertz CT molecular complexity index is 332. The number of halogens is 1. The van der Waals surface area contributed by atoms with E-state index in [1.807, 2.05) is 19.2 Å². The first-order valence-corrected chi connectivity index (χ1v) is 6.45. The van der Waals surface area contributed by atoms with Crippen molar-refractivity contribution < 1.29 is 0 Å². The van der Waals surface area contributed by atoms with Crippen LogP contribution < -0.4 is 5.32 Å². The SMILES string of the molecule is CCC(CC)C(NC)c1ccc(Cl)cc1C. The van der Waals surface area contributed by atoms with Crippen LogP contribution in [0.15, 0.2) is 18.2 Å². The maximum atomic E-state index is 5.99. The first-order valence-electron chi connectivity index (χ1n) is 6.07. The maximum Gasteiger partial charge on any atom is 0.0408 e. The van der Waals surface area contributed by atoms with Gasteiger partial charge in [0.1, 0.15) is 0 Å². The average Bonchev–Trinajstić information content (AvgIpc) is 2.27. The third-order valence-electron chi connectivity index (χ3n) is 3.40. The maximum absolute atomic E-state index is 5.99. The third kappa shape index (κ3) is 2.99. The summed E-state index contributed by atoms with van der Waals surface area (Å²) < 4.78 is 0. The van der Waals surface area contributed by atoms with Crippen molar-refractivity contribution in [1.29, 1.82) is 0 Å². The molecule has 0 bridgehead atoms. The van der Waals surface area contributed by atoms with Crippen LogP contribution in [0.1, 0.15) is 43.9 Å². The minimum absolute atomic E-state index is 0.437. The fourth-order valence-corrected chi connectivity index (χ4v) is 2.62. The predicted molar refractivity (Wildman–Crippen MR) is 72.1 cm³/mol. The second-order valence-electron chi connectivity index (χ2n) is 4.34. The molecule has 0 aliphatic carbocycles. The van der Waals surface area contributed by atoms with E-state index in [0.717, 1.165) is 5.02 Å². The molecule has 16 heavy (non-hydrogen) atoms. The van der Waals surface area contributed by atoms with Crippen molar-refractivity contribution in [2.75, 3.05) is 7.05 Å². The van der Waals surface area contributed by atoms with E-state index >= 15 is 0 Å². The molecule has 1 aromatic carbocycles. The lowest BCUT2D eigenvalue weighted by Crippen LogP contribution is -2.25. The van der Waals surface area contributed by atoms with Gasteiger partial charge in [-0.05, 0) is 43.1 Å². The molecule has 0 fully saturated rings. The number of nitrogens with one attached hydrogen (secondary N) is 1. The summed E-state index contributed by atoms with van der Waals surface area (Å²) in [7, 11) is 2.04. The summed E-state index contributed by atoms with van der Waals surface area (Å²) in [6.45, 7) is 6.64. The quantitative estimate of drug-likeness (QED) is 0.806. The van der Waals surface area contributed by atoms with Gasteiger partial charge in [-0.2, -0.15) is 0 Å². The van der Waals surface area contributed by atoms with Crippen molar-refractivity contribution in [2.24, 2.45) is 5.92 Å². The molecular formula is C14H22ClN. The average molecular weight is 240 g/mol. The number of hydrogen-bond acceptors (Lipinski definition) is 1. The van der Waals surface area contributed by atoms with Crippen LogP contribution in [0.5, 0.6) is 0 Å². The molecule has 0 aliphatic heterocycles. The molecule has 0 saturated heterocycles. The minimum Gasteiger partial charge on any atom is -0.313 e. The Labute approximate surface area is 104 Å². The lowest BCUT2D eigenvalue weighted by Gasteiger charge is -2.26. The highest BCUT2D eigenvalue weighted by atomic mass is 35.5. The summed E-state index contributed by atoms with van der Waals surface area (Å²) in [6.07, 6.45) is 2.40. The molecule has 1 nitrogen and oxygen atoms in total. The monoisotopic (exact) mass is 239 g/mol. The molecule has 0 radical (unpaired) electrons. The van der Waals surface area contributed by atoms with Crippen molar-refractivity contribution >= 4 is 11.6 Å². The van der Waals surface area contributed by atoms with Gasteiger partial charge in [-0.25, -0.2) is 0 Å². The van der Waals surface area contributed by atoms with Crippen molar-refractivity contribution in [3.05, 3.63) is 34.3 Å². The molecule has 1 unspecified atom stereocenters. The second-order valence-corrected chi connectivity index (χ2v) is 4.78. The molecule has 1 N–H and O–H groups in total. The van der Waals surface area contributed by atoms with Gasteiger partial charge in [-0.1, -0.05) is 44.4 Å². The van der Waals surface area contributed by atoms with E-state index in [9.17, 15) is 0 Å². The summed E-state index contributed by atoms with van der Waals surface area (Å²) in [5.41, 5.74) is 2.65. The third-order valence-corrected chi connectivity index (χ3v) is 3.63. The van der Waals surface area contributed by atoms with Gasteiger partial charge < -0.3 is 5.32 Å². The molecule has 90 valence electrons. The number of hydrogen-bond donors (Lipinski definition) is 1. The van der Waals surface area contributed by atoms with Crippen LogP contribution in [0.4, 0.5) is 0 Å². The molecule has 0 heterocycles. The summed E-state index contributed by atoms with van der Waals surface area (Å²) in [5.74, 6) is 0.685. The zero-order chi connectivity index (χ0) is 12.1. The lowest BCUT2D eigenvalue weighted by atomic mass is 9.87. The Kier molecular flexibility index (Phi) is 5.30. The molecule has 2 heteroatoms. The molecule has 0 amide bonds. The van der Waals surface area contributed by atoms with Gasteiger partial charge in [0.2, 0.25) is 0 Å². The summed E-state index contributed by atoms with van der Waals surface area (Å²) >= 11 is 5.99.